The predicted molar refractivity (Wildman–Crippen MR) is 142 cm³/mol. The van der Waals surface area contributed by atoms with Crippen molar-refractivity contribution in [1.82, 2.24) is 15.5 Å². The first kappa shape index (κ1) is 25.4. The summed E-state index contributed by atoms with van der Waals surface area (Å²) in [5, 5.41) is 19.2. The van der Waals surface area contributed by atoms with Crippen LogP contribution in [0.3, 0.4) is 0 Å². The van der Waals surface area contributed by atoms with Crippen LogP contribution in [-0.4, -0.2) is 53.9 Å². The molecule has 0 radical (unpaired) electrons. The lowest BCUT2D eigenvalue weighted by atomic mass is 9.43. The van der Waals surface area contributed by atoms with Crippen LogP contribution < -0.4 is 16.3 Å². The Morgan fingerprint density at radius 3 is 2.73 bits per heavy atom. The molecule has 5 fully saturated rings. The Kier molecular flexibility index (Phi) is 6.46. The molecule has 7 nitrogen and oxygen atoms in total. The molecule has 2 heterocycles. The van der Waals surface area contributed by atoms with Crippen molar-refractivity contribution < 1.29 is 14.3 Å². The van der Waals surface area contributed by atoms with E-state index in [-0.39, 0.29) is 34.4 Å². The highest BCUT2D eigenvalue weighted by molar-refractivity contribution is 5.74. The maximum atomic E-state index is 13.0. The zero-order valence-electron chi connectivity index (χ0n) is 22.6. The SMILES string of the molecule is C[C@]12CC[C@H](NC(=O)N3CCCNCC3)C[C@H]1CC[C@@H]1[C@@H]2CC[C@]2(C)[C@@H](c3ccc(=O)oc3)CC[C@]12O. The molecular weight excluding hydrogens is 466 g/mol. The van der Waals surface area contributed by atoms with Crippen molar-refractivity contribution in [1.29, 1.82) is 0 Å². The van der Waals surface area contributed by atoms with E-state index in [0.717, 1.165) is 96.0 Å². The minimum Gasteiger partial charge on any atom is -0.431 e. The molecular formula is C30H45N3O4. The number of carbonyl (C=O) groups excluding carboxylic acids is 1. The van der Waals surface area contributed by atoms with Gasteiger partial charge in [-0.25, -0.2) is 9.59 Å². The first-order valence-corrected chi connectivity index (χ1v) is 14.8. The summed E-state index contributed by atoms with van der Waals surface area (Å²) >= 11 is 0. The number of urea groups is 1. The monoisotopic (exact) mass is 511 g/mol. The minimum absolute atomic E-state index is 0.113. The topological polar surface area (TPSA) is 94.8 Å². The van der Waals surface area contributed by atoms with Gasteiger partial charge in [-0.05, 0) is 111 Å². The number of rotatable bonds is 2. The number of hydrogen-bond acceptors (Lipinski definition) is 5. The molecule has 4 saturated carbocycles. The third-order valence-corrected chi connectivity index (χ3v) is 11.9. The summed E-state index contributed by atoms with van der Waals surface area (Å²) in [6.07, 6.45) is 12.0. The first-order chi connectivity index (χ1) is 17.7. The molecule has 8 atom stereocenters. The Labute approximate surface area is 220 Å². The van der Waals surface area contributed by atoms with Crippen molar-refractivity contribution in [2.75, 3.05) is 26.2 Å². The summed E-state index contributed by atoms with van der Waals surface area (Å²) < 4.78 is 5.23. The lowest BCUT2D eigenvalue weighted by molar-refractivity contribution is -0.201. The van der Waals surface area contributed by atoms with Crippen LogP contribution in [0.25, 0.3) is 0 Å². The summed E-state index contributed by atoms with van der Waals surface area (Å²) in [5.41, 5.74) is 0.118. The van der Waals surface area contributed by atoms with E-state index in [0.29, 0.717) is 17.8 Å². The number of carbonyl (C=O) groups is 1. The van der Waals surface area contributed by atoms with E-state index in [2.05, 4.69) is 24.5 Å². The molecule has 6 rings (SSSR count). The van der Waals surface area contributed by atoms with Crippen LogP contribution in [0.1, 0.15) is 89.5 Å². The molecule has 1 aliphatic heterocycles. The van der Waals surface area contributed by atoms with E-state index in [4.69, 9.17) is 4.42 Å². The summed E-state index contributed by atoms with van der Waals surface area (Å²) in [6, 6.07) is 3.81. The summed E-state index contributed by atoms with van der Waals surface area (Å²) in [6.45, 7) is 8.29. The van der Waals surface area contributed by atoms with Gasteiger partial charge in [0.25, 0.3) is 0 Å². The molecule has 0 bridgehead atoms. The Hall–Kier alpha value is -1.86. The highest BCUT2D eigenvalue weighted by Gasteiger charge is 2.67. The highest BCUT2D eigenvalue weighted by Crippen LogP contribution is 2.70. The van der Waals surface area contributed by atoms with Gasteiger partial charge in [0.15, 0.2) is 0 Å². The number of nitrogens with zero attached hydrogens (tertiary/aromatic N) is 1. The second-order valence-electron chi connectivity index (χ2n) is 13.4. The summed E-state index contributed by atoms with van der Waals surface area (Å²) in [5.74, 6) is 1.69. The number of hydrogen-bond donors (Lipinski definition) is 3. The van der Waals surface area contributed by atoms with E-state index in [1.54, 1.807) is 6.26 Å². The first-order valence-electron chi connectivity index (χ1n) is 14.8. The van der Waals surface area contributed by atoms with Crippen LogP contribution in [0.2, 0.25) is 0 Å². The average Bonchev–Trinajstić information content (AvgIpc) is 3.04. The second-order valence-corrected chi connectivity index (χ2v) is 13.4. The van der Waals surface area contributed by atoms with Crippen molar-refractivity contribution in [3.8, 4) is 0 Å². The van der Waals surface area contributed by atoms with E-state index in [1.807, 2.05) is 11.0 Å². The van der Waals surface area contributed by atoms with Crippen LogP contribution in [0, 0.1) is 28.6 Å². The largest absolute Gasteiger partial charge is 0.431 e. The van der Waals surface area contributed by atoms with Gasteiger partial charge in [-0.15, -0.1) is 0 Å². The van der Waals surface area contributed by atoms with Gasteiger partial charge in [-0.3, -0.25) is 0 Å². The van der Waals surface area contributed by atoms with Crippen LogP contribution in [0.4, 0.5) is 4.79 Å². The standard InChI is InChI=1S/C30H45N3O4/c1-28-11-8-22(32-27(35)33-16-3-14-31-15-17-33)18-21(28)5-6-25-24(28)9-12-29(2)23(10-13-30(25,29)36)20-4-7-26(34)37-19-20/h4,7,19,21-25,31,36H,3,5-6,8-18H2,1-2H3,(H,32,35)/t21-,22+,23-,24+,25-,28+,29-,30+/m1/s1. The van der Waals surface area contributed by atoms with Crippen LogP contribution in [0.5, 0.6) is 0 Å². The third-order valence-electron chi connectivity index (χ3n) is 11.9. The molecule has 4 aliphatic carbocycles. The molecule has 204 valence electrons. The van der Waals surface area contributed by atoms with E-state index < -0.39 is 5.60 Å². The lowest BCUT2D eigenvalue weighted by Gasteiger charge is -2.63. The molecule has 0 unspecified atom stereocenters. The Balaban J connectivity index is 1.16. The third kappa shape index (κ3) is 4.07. The van der Waals surface area contributed by atoms with Crippen LogP contribution in [0.15, 0.2) is 27.6 Å². The Morgan fingerprint density at radius 2 is 1.92 bits per heavy atom. The molecule has 5 aliphatic rings. The minimum atomic E-state index is -0.670. The van der Waals surface area contributed by atoms with Crippen molar-refractivity contribution in [2.45, 2.75) is 95.6 Å². The van der Waals surface area contributed by atoms with Crippen molar-refractivity contribution in [3.05, 3.63) is 34.4 Å². The molecule has 1 saturated heterocycles. The molecule has 0 spiro atoms. The predicted octanol–water partition coefficient (Wildman–Crippen LogP) is 4.25. The van der Waals surface area contributed by atoms with Gasteiger partial charge in [0.05, 0.1) is 11.9 Å². The van der Waals surface area contributed by atoms with Crippen LogP contribution in [-0.2, 0) is 0 Å². The van der Waals surface area contributed by atoms with Gasteiger partial charge in [0.1, 0.15) is 0 Å². The highest BCUT2D eigenvalue weighted by atomic mass is 16.4. The molecule has 1 aromatic heterocycles. The van der Waals surface area contributed by atoms with E-state index in [1.165, 1.54) is 6.07 Å². The molecule has 0 aromatic carbocycles. The maximum Gasteiger partial charge on any atom is 0.335 e. The lowest BCUT2D eigenvalue weighted by Crippen LogP contribution is -2.62. The zero-order chi connectivity index (χ0) is 25.8. The van der Waals surface area contributed by atoms with Gasteiger partial charge in [0.2, 0.25) is 0 Å². The maximum absolute atomic E-state index is 13.0. The molecule has 3 N–H and O–H groups in total. The van der Waals surface area contributed by atoms with E-state index >= 15 is 0 Å². The fraction of sp³-hybridized carbons (Fsp3) is 0.800. The van der Waals surface area contributed by atoms with Gasteiger partial charge in [-0.2, -0.15) is 0 Å². The Morgan fingerprint density at radius 1 is 1.05 bits per heavy atom. The number of amides is 2. The van der Waals surface area contributed by atoms with Crippen molar-refractivity contribution in [2.24, 2.45) is 28.6 Å². The number of nitrogens with one attached hydrogen (secondary N) is 2. The smallest absolute Gasteiger partial charge is 0.335 e. The van der Waals surface area contributed by atoms with Gasteiger partial charge >= 0.3 is 11.7 Å². The normalized spacial score (nSPS) is 43.8. The van der Waals surface area contributed by atoms with Crippen LogP contribution >= 0.6 is 0 Å². The van der Waals surface area contributed by atoms with Crippen molar-refractivity contribution >= 4 is 6.03 Å². The molecule has 2 amide bonds. The molecule has 1 aromatic rings. The Bertz CT molecular complexity index is 1050. The fourth-order valence-electron chi connectivity index (χ4n) is 9.77. The van der Waals surface area contributed by atoms with E-state index in [9.17, 15) is 14.7 Å². The summed E-state index contributed by atoms with van der Waals surface area (Å²) in [4.78, 5) is 26.5. The van der Waals surface area contributed by atoms with Gasteiger partial charge in [-0.1, -0.05) is 13.8 Å². The fourth-order valence-corrected chi connectivity index (χ4v) is 9.77. The van der Waals surface area contributed by atoms with Gasteiger partial charge in [0, 0.05) is 37.2 Å². The number of fused-ring (bicyclic) bond motifs is 5. The zero-order valence-corrected chi connectivity index (χ0v) is 22.6. The second kappa shape index (κ2) is 9.41. The molecule has 7 heteroatoms. The van der Waals surface area contributed by atoms with Crippen molar-refractivity contribution in [3.63, 3.8) is 0 Å². The van der Waals surface area contributed by atoms with Gasteiger partial charge < -0.3 is 25.1 Å². The molecule has 37 heavy (non-hydrogen) atoms. The summed E-state index contributed by atoms with van der Waals surface area (Å²) in [7, 11) is 0. The average molecular weight is 512 g/mol. The number of aliphatic hydroxyl groups is 1. The quantitative estimate of drug-likeness (QED) is 0.552.